The van der Waals surface area contributed by atoms with Crippen molar-refractivity contribution >= 4 is 0 Å². The van der Waals surface area contributed by atoms with Gasteiger partial charge in [-0.15, -0.1) is 0 Å². The van der Waals surface area contributed by atoms with E-state index in [9.17, 15) is 0 Å². The molecule has 1 unspecified atom stereocenters. The van der Waals surface area contributed by atoms with Gasteiger partial charge in [-0.25, -0.2) is 0 Å². The van der Waals surface area contributed by atoms with Gasteiger partial charge in [-0.2, -0.15) is 5.26 Å². The van der Waals surface area contributed by atoms with E-state index in [1.807, 2.05) is 18.2 Å². The molecule has 3 nitrogen and oxygen atoms in total. The zero-order valence-corrected chi connectivity index (χ0v) is 12.8. The van der Waals surface area contributed by atoms with Gasteiger partial charge in [-0.3, -0.25) is 4.90 Å². The number of rotatable bonds is 4. The summed E-state index contributed by atoms with van der Waals surface area (Å²) in [5, 5.41) is 8.88. The Morgan fingerprint density at radius 1 is 1.23 bits per heavy atom. The van der Waals surface area contributed by atoms with Crippen LogP contribution in [0, 0.1) is 11.3 Å². The Morgan fingerprint density at radius 2 is 2.05 bits per heavy atom. The lowest BCUT2D eigenvalue weighted by molar-refractivity contribution is 0.248. The van der Waals surface area contributed by atoms with Crippen molar-refractivity contribution in [3.8, 4) is 11.8 Å². The van der Waals surface area contributed by atoms with Gasteiger partial charge < -0.3 is 4.74 Å². The first-order valence-corrected chi connectivity index (χ1v) is 7.67. The highest BCUT2D eigenvalue weighted by Gasteiger charge is 2.26. The van der Waals surface area contributed by atoms with Crippen LogP contribution in [-0.4, -0.2) is 18.6 Å². The summed E-state index contributed by atoms with van der Waals surface area (Å²) < 4.78 is 5.34. The van der Waals surface area contributed by atoms with Gasteiger partial charge in [-0.05, 0) is 54.8 Å². The molecule has 0 spiro atoms. The molecule has 1 aliphatic heterocycles. The molecule has 2 aromatic rings. The SMILES string of the molecule is COc1cccc(C2CCCN2Cc2ccc(C#N)cc2)c1. The second kappa shape index (κ2) is 6.64. The number of ether oxygens (including phenoxy) is 1. The van der Waals surface area contributed by atoms with Crippen molar-refractivity contribution in [2.24, 2.45) is 0 Å². The molecule has 112 valence electrons. The van der Waals surface area contributed by atoms with Crippen LogP contribution in [-0.2, 0) is 6.54 Å². The fourth-order valence-corrected chi connectivity index (χ4v) is 3.16. The van der Waals surface area contributed by atoms with Crippen LogP contribution in [0.3, 0.4) is 0 Å². The second-order valence-corrected chi connectivity index (χ2v) is 5.71. The van der Waals surface area contributed by atoms with Crippen LogP contribution in [0.15, 0.2) is 48.5 Å². The molecule has 1 aliphatic rings. The van der Waals surface area contributed by atoms with Crippen LogP contribution in [0.4, 0.5) is 0 Å². The molecule has 22 heavy (non-hydrogen) atoms. The Hall–Kier alpha value is -2.31. The van der Waals surface area contributed by atoms with E-state index in [0.29, 0.717) is 6.04 Å². The van der Waals surface area contributed by atoms with E-state index in [4.69, 9.17) is 10.00 Å². The van der Waals surface area contributed by atoms with Crippen molar-refractivity contribution < 1.29 is 4.74 Å². The van der Waals surface area contributed by atoms with Crippen molar-refractivity contribution in [3.63, 3.8) is 0 Å². The van der Waals surface area contributed by atoms with Gasteiger partial charge in [0, 0.05) is 12.6 Å². The summed E-state index contributed by atoms with van der Waals surface area (Å²) in [5.74, 6) is 0.919. The summed E-state index contributed by atoms with van der Waals surface area (Å²) in [4.78, 5) is 2.51. The number of nitriles is 1. The first kappa shape index (κ1) is 14.6. The smallest absolute Gasteiger partial charge is 0.119 e. The van der Waals surface area contributed by atoms with Crippen LogP contribution in [0.25, 0.3) is 0 Å². The fourth-order valence-electron chi connectivity index (χ4n) is 3.16. The van der Waals surface area contributed by atoms with Crippen molar-refractivity contribution in [1.29, 1.82) is 5.26 Å². The van der Waals surface area contributed by atoms with Crippen LogP contribution in [0.2, 0.25) is 0 Å². The van der Waals surface area contributed by atoms with E-state index in [-0.39, 0.29) is 0 Å². The number of hydrogen-bond acceptors (Lipinski definition) is 3. The van der Waals surface area contributed by atoms with E-state index in [1.165, 1.54) is 24.0 Å². The molecule has 0 radical (unpaired) electrons. The predicted octanol–water partition coefficient (Wildman–Crippen LogP) is 3.90. The van der Waals surface area contributed by atoms with Gasteiger partial charge in [0.15, 0.2) is 0 Å². The molecule has 0 bridgehead atoms. The molecule has 0 aromatic heterocycles. The van der Waals surface area contributed by atoms with E-state index < -0.39 is 0 Å². The summed E-state index contributed by atoms with van der Waals surface area (Å²) in [6, 6.07) is 18.9. The molecular weight excluding hydrogens is 272 g/mol. The minimum absolute atomic E-state index is 0.450. The van der Waals surface area contributed by atoms with Crippen molar-refractivity contribution in [2.45, 2.75) is 25.4 Å². The van der Waals surface area contributed by atoms with Crippen LogP contribution >= 0.6 is 0 Å². The van der Waals surface area contributed by atoms with Gasteiger partial charge in [0.2, 0.25) is 0 Å². The number of nitrogens with zero attached hydrogens (tertiary/aromatic N) is 2. The van der Waals surface area contributed by atoms with Crippen molar-refractivity contribution in [2.75, 3.05) is 13.7 Å². The molecule has 1 atom stereocenters. The summed E-state index contributed by atoms with van der Waals surface area (Å²) in [6.07, 6.45) is 2.40. The number of likely N-dealkylation sites (tertiary alicyclic amines) is 1. The average Bonchev–Trinajstić information content (AvgIpc) is 3.04. The molecule has 0 amide bonds. The monoisotopic (exact) mass is 292 g/mol. The molecule has 0 aliphatic carbocycles. The number of hydrogen-bond donors (Lipinski definition) is 0. The maximum atomic E-state index is 8.88. The maximum Gasteiger partial charge on any atom is 0.119 e. The first-order chi connectivity index (χ1) is 10.8. The maximum absolute atomic E-state index is 8.88. The number of benzene rings is 2. The van der Waals surface area contributed by atoms with E-state index in [0.717, 1.165) is 24.4 Å². The average molecular weight is 292 g/mol. The molecule has 2 aromatic carbocycles. The third-order valence-corrected chi connectivity index (χ3v) is 4.31. The van der Waals surface area contributed by atoms with E-state index >= 15 is 0 Å². The lowest BCUT2D eigenvalue weighted by Crippen LogP contribution is -2.22. The molecule has 0 saturated carbocycles. The fraction of sp³-hybridized carbons (Fsp3) is 0.316. The summed E-state index contributed by atoms with van der Waals surface area (Å²) in [5.41, 5.74) is 3.30. The molecule has 1 heterocycles. The predicted molar refractivity (Wildman–Crippen MR) is 86.5 cm³/mol. The van der Waals surface area contributed by atoms with Gasteiger partial charge in [0.25, 0.3) is 0 Å². The highest BCUT2D eigenvalue weighted by molar-refractivity contribution is 5.33. The Labute approximate surface area is 131 Å². The molecular formula is C19H20N2O. The lowest BCUT2D eigenvalue weighted by atomic mass is 10.0. The molecule has 3 heteroatoms. The topological polar surface area (TPSA) is 36.3 Å². The standard InChI is InChI=1S/C19H20N2O/c1-22-18-5-2-4-17(12-18)19-6-3-11-21(19)14-16-9-7-15(13-20)8-10-16/h2,4-5,7-10,12,19H,3,6,11,14H2,1H3. The third-order valence-electron chi connectivity index (χ3n) is 4.31. The van der Waals surface area contributed by atoms with E-state index in [2.05, 4.69) is 41.3 Å². The second-order valence-electron chi connectivity index (χ2n) is 5.71. The minimum Gasteiger partial charge on any atom is -0.497 e. The third kappa shape index (κ3) is 3.13. The highest BCUT2D eigenvalue weighted by atomic mass is 16.5. The summed E-state index contributed by atoms with van der Waals surface area (Å²) >= 11 is 0. The Morgan fingerprint density at radius 3 is 2.77 bits per heavy atom. The van der Waals surface area contributed by atoms with Crippen LogP contribution in [0.5, 0.6) is 5.75 Å². The van der Waals surface area contributed by atoms with Crippen molar-refractivity contribution in [3.05, 3.63) is 65.2 Å². The zero-order valence-electron chi connectivity index (χ0n) is 12.8. The van der Waals surface area contributed by atoms with Gasteiger partial charge in [-0.1, -0.05) is 24.3 Å². The van der Waals surface area contributed by atoms with Gasteiger partial charge >= 0.3 is 0 Å². The lowest BCUT2D eigenvalue weighted by Gasteiger charge is -2.25. The molecule has 3 rings (SSSR count). The van der Waals surface area contributed by atoms with Crippen LogP contribution < -0.4 is 4.74 Å². The Kier molecular flexibility index (Phi) is 4.41. The van der Waals surface area contributed by atoms with Crippen LogP contribution in [0.1, 0.15) is 35.6 Å². The number of methoxy groups -OCH3 is 1. The Balaban J connectivity index is 1.76. The summed E-state index contributed by atoms with van der Waals surface area (Å²) in [6.45, 7) is 2.04. The molecule has 1 fully saturated rings. The zero-order chi connectivity index (χ0) is 15.4. The normalized spacial score (nSPS) is 18.1. The van der Waals surface area contributed by atoms with Gasteiger partial charge in [0.05, 0.1) is 18.7 Å². The van der Waals surface area contributed by atoms with Gasteiger partial charge in [0.1, 0.15) is 5.75 Å². The first-order valence-electron chi connectivity index (χ1n) is 7.67. The quantitative estimate of drug-likeness (QED) is 0.857. The largest absolute Gasteiger partial charge is 0.497 e. The van der Waals surface area contributed by atoms with Crippen molar-refractivity contribution in [1.82, 2.24) is 4.90 Å². The summed E-state index contributed by atoms with van der Waals surface area (Å²) in [7, 11) is 1.71. The highest BCUT2D eigenvalue weighted by Crippen LogP contribution is 2.34. The van der Waals surface area contributed by atoms with E-state index in [1.54, 1.807) is 7.11 Å². The molecule has 0 N–H and O–H groups in total. The molecule has 1 saturated heterocycles. The Bertz CT molecular complexity index is 673. The minimum atomic E-state index is 0.450.